The van der Waals surface area contributed by atoms with Crippen molar-refractivity contribution < 1.29 is 18.4 Å². The molecule has 1 heterocycles. The molecule has 1 saturated heterocycles. The fourth-order valence-electron chi connectivity index (χ4n) is 2.85. The second-order valence-corrected chi connectivity index (χ2v) is 5.91. The summed E-state index contributed by atoms with van der Waals surface area (Å²) in [6.45, 7) is 3.30. The van der Waals surface area contributed by atoms with Gasteiger partial charge in [0.15, 0.2) is 0 Å². The topological polar surface area (TPSA) is 49.4 Å². The molecule has 1 aliphatic rings. The van der Waals surface area contributed by atoms with Crippen molar-refractivity contribution in [2.45, 2.75) is 32.6 Å². The minimum atomic E-state index is -0.839. The first-order chi connectivity index (χ1) is 11.0. The first kappa shape index (κ1) is 17.4. The molecule has 1 fully saturated rings. The number of hydrogen-bond donors (Lipinski definition) is 1. The van der Waals surface area contributed by atoms with E-state index in [9.17, 15) is 18.4 Å². The molecule has 0 unspecified atom stereocenters. The molecule has 0 bridgehead atoms. The third-order valence-electron chi connectivity index (χ3n) is 4.05. The van der Waals surface area contributed by atoms with Gasteiger partial charge in [-0.25, -0.2) is 8.78 Å². The predicted molar refractivity (Wildman–Crippen MR) is 82.9 cm³/mol. The minimum absolute atomic E-state index is 0.00361. The number of piperidine rings is 1. The van der Waals surface area contributed by atoms with Crippen LogP contribution in [0, 0.1) is 17.6 Å². The van der Waals surface area contributed by atoms with Crippen LogP contribution in [-0.4, -0.2) is 36.3 Å². The summed E-state index contributed by atoms with van der Waals surface area (Å²) >= 11 is 0. The van der Waals surface area contributed by atoms with Gasteiger partial charge in [-0.1, -0.05) is 13.0 Å². The predicted octanol–water partition coefficient (Wildman–Crippen LogP) is 2.73. The van der Waals surface area contributed by atoms with E-state index in [-0.39, 0.29) is 11.8 Å². The van der Waals surface area contributed by atoms with Gasteiger partial charge in [-0.2, -0.15) is 0 Å². The molecule has 1 atom stereocenters. The van der Waals surface area contributed by atoms with Gasteiger partial charge in [-0.15, -0.1) is 0 Å². The Morgan fingerprint density at radius 2 is 2.00 bits per heavy atom. The summed E-state index contributed by atoms with van der Waals surface area (Å²) in [5, 5.41) is 2.85. The van der Waals surface area contributed by atoms with Gasteiger partial charge in [-0.05, 0) is 37.3 Å². The number of hydrogen-bond acceptors (Lipinski definition) is 2. The van der Waals surface area contributed by atoms with Crippen molar-refractivity contribution in [1.82, 2.24) is 10.2 Å². The number of nitrogens with one attached hydrogen (secondary N) is 1. The Morgan fingerprint density at radius 3 is 2.65 bits per heavy atom. The van der Waals surface area contributed by atoms with E-state index in [1.807, 2.05) is 6.92 Å². The average Bonchev–Trinajstić information content (AvgIpc) is 2.53. The molecule has 2 amide bonds. The van der Waals surface area contributed by atoms with Crippen LogP contribution in [0.25, 0.3) is 0 Å². The van der Waals surface area contributed by atoms with E-state index in [4.69, 9.17) is 0 Å². The molecule has 6 heteroatoms. The third-order valence-corrected chi connectivity index (χ3v) is 4.05. The van der Waals surface area contributed by atoms with Crippen LogP contribution in [0.1, 0.15) is 43.0 Å². The average molecular weight is 324 g/mol. The number of benzene rings is 1. The fraction of sp³-hybridized carbons (Fsp3) is 0.529. The van der Waals surface area contributed by atoms with E-state index in [1.54, 1.807) is 0 Å². The van der Waals surface area contributed by atoms with Crippen molar-refractivity contribution in [2.75, 3.05) is 19.6 Å². The monoisotopic (exact) mass is 324 g/mol. The summed E-state index contributed by atoms with van der Waals surface area (Å²) in [4.78, 5) is 25.4. The molecule has 2 rings (SSSR count). The Kier molecular flexibility index (Phi) is 6.07. The standard InChI is InChI=1S/C17H22F2N2O2/c1-2-5-15(22)20-10-12-6-4-9-21(11-12)17(23)16-13(18)7-3-8-14(16)19/h3,7-8,12H,2,4-6,9-11H2,1H3,(H,20,22)/t12-/m0/s1. The maximum atomic E-state index is 13.7. The van der Waals surface area contributed by atoms with Gasteiger partial charge >= 0.3 is 0 Å². The first-order valence-electron chi connectivity index (χ1n) is 8.03. The molecule has 1 N–H and O–H groups in total. The number of amides is 2. The van der Waals surface area contributed by atoms with Crippen molar-refractivity contribution in [3.8, 4) is 0 Å². The van der Waals surface area contributed by atoms with E-state index in [1.165, 1.54) is 11.0 Å². The van der Waals surface area contributed by atoms with Crippen LogP contribution in [0.5, 0.6) is 0 Å². The molecular formula is C17H22F2N2O2. The lowest BCUT2D eigenvalue weighted by Crippen LogP contribution is -2.44. The largest absolute Gasteiger partial charge is 0.356 e. The van der Waals surface area contributed by atoms with E-state index in [0.29, 0.717) is 26.1 Å². The Bertz CT molecular complexity index is 557. The van der Waals surface area contributed by atoms with Crippen molar-refractivity contribution in [3.63, 3.8) is 0 Å². The summed E-state index contributed by atoms with van der Waals surface area (Å²) in [6.07, 6.45) is 2.91. The lowest BCUT2D eigenvalue weighted by molar-refractivity contribution is -0.121. The number of nitrogens with zero attached hydrogens (tertiary/aromatic N) is 1. The van der Waals surface area contributed by atoms with Crippen molar-refractivity contribution >= 4 is 11.8 Å². The van der Waals surface area contributed by atoms with Crippen LogP contribution in [0.2, 0.25) is 0 Å². The van der Waals surface area contributed by atoms with E-state index in [0.717, 1.165) is 31.4 Å². The third kappa shape index (κ3) is 4.50. The van der Waals surface area contributed by atoms with Gasteiger partial charge in [0.1, 0.15) is 17.2 Å². The summed E-state index contributed by atoms with van der Waals surface area (Å²) in [5.74, 6) is -2.19. The second kappa shape index (κ2) is 8.04. The highest BCUT2D eigenvalue weighted by molar-refractivity contribution is 5.94. The Morgan fingerprint density at radius 1 is 1.30 bits per heavy atom. The summed E-state index contributed by atoms with van der Waals surface area (Å²) in [6, 6.07) is 3.41. The quantitative estimate of drug-likeness (QED) is 0.905. The molecule has 23 heavy (non-hydrogen) atoms. The number of halogens is 2. The molecule has 4 nitrogen and oxygen atoms in total. The van der Waals surface area contributed by atoms with Gasteiger partial charge in [0.05, 0.1) is 0 Å². The van der Waals surface area contributed by atoms with Gasteiger partial charge in [0, 0.05) is 26.1 Å². The maximum absolute atomic E-state index is 13.7. The Labute approximate surface area is 134 Å². The lowest BCUT2D eigenvalue weighted by atomic mass is 9.97. The van der Waals surface area contributed by atoms with Crippen LogP contribution < -0.4 is 5.32 Å². The zero-order valence-electron chi connectivity index (χ0n) is 13.3. The smallest absolute Gasteiger partial charge is 0.259 e. The number of carbonyl (C=O) groups is 2. The van der Waals surface area contributed by atoms with Gasteiger partial charge < -0.3 is 10.2 Å². The normalized spacial score (nSPS) is 17.9. The number of rotatable bonds is 5. The Balaban J connectivity index is 1.98. The van der Waals surface area contributed by atoms with E-state index < -0.39 is 23.1 Å². The molecule has 0 radical (unpaired) electrons. The van der Waals surface area contributed by atoms with Crippen molar-refractivity contribution in [2.24, 2.45) is 5.92 Å². The molecule has 0 aromatic heterocycles. The van der Waals surface area contributed by atoms with Gasteiger partial charge in [0.2, 0.25) is 5.91 Å². The van der Waals surface area contributed by atoms with Crippen molar-refractivity contribution in [1.29, 1.82) is 0 Å². The second-order valence-electron chi connectivity index (χ2n) is 5.91. The zero-order chi connectivity index (χ0) is 16.8. The summed E-state index contributed by atoms with van der Waals surface area (Å²) in [5.41, 5.74) is -0.497. The SMILES string of the molecule is CCCC(=O)NC[C@@H]1CCCN(C(=O)c2c(F)cccc2F)C1. The molecule has 1 aliphatic heterocycles. The maximum Gasteiger partial charge on any atom is 0.259 e. The van der Waals surface area contributed by atoms with Crippen LogP contribution >= 0.6 is 0 Å². The van der Waals surface area contributed by atoms with E-state index >= 15 is 0 Å². The Hall–Kier alpha value is -1.98. The molecule has 1 aromatic carbocycles. The highest BCUT2D eigenvalue weighted by Crippen LogP contribution is 2.21. The highest BCUT2D eigenvalue weighted by Gasteiger charge is 2.28. The molecule has 0 aliphatic carbocycles. The molecule has 1 aromatic rings. The molecule has 126 valence electrons. The molecule has 0 saturated carbocycles. The highest BCUT2D eigenvalue weighted by atomic mass is 19.1. The van der Waals surface area contributed by atoms with Crippen molar-refractivity contribution in [3.05, 3.63) is 35.4 Å². The number of likely N-dealkylation sites (tertiary alicyclic amines) is 1. The first-order valence-corrected chi connectivity index (χ1v) is 8.03. The molecular weight excluding hydrogens is 302 g/mol. The molecule has 0 spiro atoms. The number of carbonyl (C=O) groups excluding carboxylic acids is 2. The van der Waals surface area contributed by atoms with E-state index in [2.05, 4.69) is 5.32 Å². The lowest BCUT2D eigenvalue weighted by Gasteiger charge is -2.33. The van der Waals surface area contributed by atoms with Crippen LogP contribution in [0.15, 0.2) is 18.2 Å². The van der Waals surface area contributed by atoms with Gasteiger partial charge in [0.25, 0.3) is 5.91 Å². The zero-order valence-corrected chi connectivity index (χ0v) is 13.3. The fourth-order valence-corrected chi connectivity index (χ4v) is 2.85. The van der Waals surface area contributed by atoms with Crippen LogP contribution in [0.4, 0.5) is 8.78 Å². The van der Waals surface area contributed by atoms with Crippen LogP contribution in [0.3, 0.4) is 0 Å². The minimum Gasteiger partial charge on any atom is -0.356 e. The summed E-state index contributed by atoms with van der Waals surface area (Å²) < 4.78 is 27.5. The summed E-state index contributed by atoms with van der Waals surface area (Å²) in [7, 11) is 0. The van der Waals surface area contributed by atoms with Gasteiger partial charge in [-0.3, -0.25) is 9.59 Å². The van der Waals surface area contributed by atoms with Crippen LogP contribution in [-0.2, 0) is 4.79 Å².